The lowest BCUT2D eigenvalue weighted by atomic mass is 9.94. The average molecular weight is 216 g/mol. The molecule has 3 nitrogen and oxygen atoms in total. The fourth-order valence-corrected chi connectivity index (χ4v) is 1.62. The van der Waals surface area contributed by atoms with E-state index >= 15 is 0 Å². The first-order valence-electron chi connectivity index (χ1n) is 5.34. The predicted molar refractivity (Wildman–Crippen MR) is 62.5 cm³/mol. The lowest BCUT2D eigenvalue weighted by Gasteiger charge is -2.18. The molecule has 0 radical (unpaired) electrons. The Morgan fingerprint density at radius 3 is 2.56 bits per heavy atom. The summed E-state index contributed by atoms with van der Waals surface area (Å²) < 4.78 is 0. The summed E-state index contributed by atoms with van der Waals surface area (Å²) in [6, 6.07) is 11.9. The minimum Gasteiger partial charge on any atom is -0.353 e. The van der Waals surface area contributed by atoms with Crippen LogP contribution in [0.15, 0.2) is 30.3 Å². The van der Waals surface area contributed by atoms with Crippen LogP contribution in [0.4, 0.5) is 0 Å². The van der Waals surface area contributed by atoms with Crippen molar-refractivity contribution in [1.82, 2.24) is 5.32 Å². The molecule has 0 bridgehead atoms. The molecule has 1 amide bonds. The Morgan fingerprint density at radius 2 is 2.06 bits per heavy atom. The molecule has 1 aromatic carbocycles. The van der Waals surface area contributed by atoms with E-state index in [4.69, 9.17) is 5.26 Å². The molecule has 84 valence electrons. The van der Waals surface area contributed by atoms with Crippen LogP contribution in [0.1, 0.15) is 19.4 Å². The third-order valence-electron chi connectivity index (χ3n) is 2.50. The molecule has 2 unspecified atom stereocenters. The Kier molecular flexibility index (Phi) is 4.53. The largest absolute Gasteiger partial charge is 0.353 e. The van der Waals surface area contributed by atoms with Gasteiger partial charge in [0, 0.05) is 13.0 Å². The van der Waals surface area contributed by atoms with Crippen LogP contribution in [0, 0.1) is 17.2 Å². The summed E-state index contributed by atoms with van der Waals surface area (Å²) in [4.78, 5) is 10.9. The van der Waals surface area contributed by atoms with Gasteiger partial charge in [0.2, 0.25) is 5.91 Å². The maximum absolute atomic E-state index is 10.9. The number of nitrogens with zero attached hydrogens (tertiary/aromatic N) is 1. The minimum atomic E-state index is -0.189. The summed E-state index contributed by atoms with van der Waals surface area (Å²) in [6.07, 6.45) is 0.665. The fourth-order valence-electron chi connectivity index (χ4n) is 1.62. The number of carbonyl (C=O) groups is 1. The van der Waals surface area contributed by atoms with E-state index in [9.17, 15) is 4.79 Å². The molecule has 0 fully saturated rings. The number of hydrogen-bond donors (Lipinski definition) is 1. The monoisotopic (exact) mass is 216 g/mol. The molecule has 1 aromatic rings. The SMILES string of the molecule is CC(=O)NC(C)C(C#N)Cc1ccccc1. The number of amides is 1. The normalized spacial score (nSPS) is 13.6. The fraction of sp³-hybridized carbons (Fsp3) is 0.385. The Balaban J connectivity index is 2.63. The van der Waals surface area contributed by atoms with Crippen LogP contribution >= 0.6 is 0 Å². The highest BCUT2D eigenvalue weighted by atomic mass is 16.1. The molecular formula is C13H16N2O. The topological polar surface area (TPSA) is 52.9 Å². The van der Waals surface area contributed by atoms with Crippen molar-refractivity contribution < 1.29 is 4.79 Å². The van der Waals surface area contributed by atoms with Crippen molar-refractivity contribution in [2.24, 2.45) is 5.92 Å². The molecule has 0 saturated heterocycles. The van der Waals surface area contributed by atoms with Crippen LogP contribution < -0.4 is 5.32 Å². The maximum Gasteiger partial charge on any atom is 0.217 e. The highest BCUT2D eigenvalue weighted by Gasteiger charge is 2.17. The lowest BCUT2D eigenvalue weighted by Crippen LogP contribution is -2.37. The van der Waals surface area contributed by atoms with Crippen LogP contribution in [-0.2, 0) is 11.2 Å². The molecular weight excluding hydrogens is 200 g/mol. The van der Waals surface area contributed by atoms with Crippen molar-refractivity contribution in [3.05, 3.63) is 35.9 Å². The van der Waals surface area contributed by atoms with E-state index in [1.54, 1.807) is 0 Å². The molecule has 0 aromatic heterocycles. The number of nitrogens with one attached hydrogen (secondary N) is 1. The van der Waals surface area contributed by atoms with Crippen LogP contribution in [0.25, 0.3) is 0 Å². The zero-order valence-electron chi connectivity index (χ0n) is 9.60. The molecule has 0 aliphatic rings. The number of benzene rings is 1. The summed E-state index contributed by atoms with van der Waals surface area (Å²) in [5.41, 5.74) is 1.12. The van der Waals surface area contributed by atoms with Crippen LogP contribution in [0.5, 0.6) is 0 Å². The molecule has 1 N–H and O–H groups in total. The highest BCUT2D eigenvalue weighted by molar-refractivity contribution is 5.73. The maximum atomic E-state index is 10.9. The van der Waals surface area contributed by atoms with Gasteiger partial charge in [-0.05, 0) is 18.9 Å². The number of rotatable bonds is 4. The van der Waals surface area contributed by atoms with Gasteiger partial charge in [-0.2, -0.15) is 5.26 Å². The number of nitriles is 1. The number of carbonyl (C=O) groups excluding carboxylic acids is 1. The van der Waals surface area contributed by atoms with Crippen LogP contribution in [0.2, 0.25) is 0 Å². The zero-order chi connectivity index (χ0) is 12.0. The van der Waals surface area contributed by atoms with Crippen molar-refractivity contribution in [2.45, 2.75) is 26.3 Å². The van der Waals surface area contributed by atoms with E-state index in [1.165, 1.54) is 6.92 Å². The molecule has 3 heteroatoms. The van der Waals surface area contributed by atoms with E-state index in [1.807, 2.05) is 37.3 Å². The van der Waals surface area contributed by atoms with E-state index < -0.39 is 0 Å². The molecule has 0 aliphatic heterocycles. The predicted octanol–water partition coefficient (Wildman–Crippen LogP) is 1.89. The van der Waals surface area contributed by atoms with Crippen molar-refractivity contribution in [1.29, 1.82) is 5.26 Å². The van der Waals surface area contributed by atoms with Crippen molar-refractivity contribution in [3.63, 3.8) is 0 Å². The minimum absolute atomic E-state index is 0.0965. The van der Waals surface area contributed by atoms with Gasteiger partial charge in [0.25, 0.3) is 0 Å². The highest BCUT2D eigenvalue weighted by Crippen LogP contribution is 2.11. The van der Waals surface area contributed by atoms with E-state index in [2.05, 4.69) is 11.4 Å². The van der Waals surface area contributed by atoms with Crippen LogP contribution in [0.3, 0.4) is 0 Å². The lowest BCUT2D eigenvalue weighted by molar-refractivity contribution is -0.119. The second-order valence-electron chi connectivity index (χ2n) is 3.91. The smallest absolute Gasteiger partial charge is 0.217 e. The van der Waals surface area contributed by atoms with Gasteiger partial charge in [-0.1, -0.05) is 30.3 Å². The first kappa shape index (κ1) is 12.3. The van der Waals surface area contributed by atoms with Crippen molar-refractivity contribution >= 4 is 5.91 Å². The summed E-state index contributed by atoms with van der Waals surface area (Å²) in [5, 5.41) is 11.8. The summed E-state index contributed by atoms with van der Waals surface area (Å²) >= 11 is 0. The average Bonchev–Trinajstić information content (AvgIpc) is 2.26. The van der Waals surface area contributed by atoms with Gasteiger partial charge >= 0.3 is 0 Å². The third-order valence-corrected chi connectivity index (χ3v) is 2.50. The first-order valence-corrected chi connectivity index (χ1v) is 5.34. The molecule has 0 saturated carbocycles. The van der Waals surface area contributed by atoms with Gasteiger partial charge in [0.05, 0.1) is 12.0 Å². The van der Waals surface area contributed by atoms with Crippen molar-refractivity contribution in [2.75, 3.05) is 0 Å². The van der Waals surface area contributed by atoms with Crippen LogP contribution in [-0.4, -0.2) is 11.9 Å². The Morgan fingerprint density at radius 1 is 1.44 bits per heavy atom. The Bertz CT molecular complexity index is 381. The summed E-state index contributed by atoms with van der Waals surface area (Å²) in [6.45, 7) is 3.33. The van der Waals surface area contributed by atoms with E-state index in [0.29, 0.717) is 6.42 Å². The summed E-state index contributed by atoms with van der Waals surface area (Å²) in [7, 11) is 0. The molecule has 0 spiro atoms. The standard InChI is InChI=1S/C13H16N2O/c1-10(15-11(2)16)13(9-14)8-12-6-4-3-5-7-12/h3-7,10,13H,8H2,1-2H3,(H,15,16). The van der Waals surface area contributed by atoms with E-state index in [0.717, 1.165) is 5.56 Å². The molecule has 0 heterocycles. The molecule has 2 atom stereocenters. The van der Waals surface area contributed by atoms with E-state index in [-0.39, 0.29) is 17.9 Å². The molecule has 0 aliphatic carbocycles. The van der Waals surface area contributed by atoms with Gasteiger partial charge in [-0.25, -0.2) is 0 Å². The van der Waals surface area contributed by atoms with Gasteiger partial charge in [0.1, 0.15) is 0 Å². The molecule has 16 heavy (non-hydrogen) atoms. The van der Waals surface area contributed by atoms with Gasteiger partial charge in [-0.3, -0.25) is 4.79 Å². The quantitative estimate of drug-likeness (QED) is 0.835. The zero-order valence-corrected chi connectivity index (χ0v) is 9.60. The summed E-state index contributed by atoms with van der Waals surface area (Å²) in [5.74, 6) is -0.285. The molecule has 1 rings (SSSR count). The van der Waals surface area contributed by atoms with Gasteiger partial charge < -0.3 is 5.32 Å². The first-order chi connectivity index (χ1) is 7.63. The van der Waals surface area contributed by atoms with Gasteiger partial charge in [-0.15, -0.1) is 0 Å². The third kappa shape index (κ3) is 3.74. The number of hydrogen-bond acceptors (Lipinski definition) is 2. The second-order valence-corrected chi connectivity index (χ2v) is 3.91. The Hall–Kier alpha value is -1.82. The van der Waals surface area contributed by atoms with Crippen molar-refractivity contribution in [3.8, 4) is 6.07 Å². The Labute approximate surface area is 96.1 Å². The van der Waals surface area contributed by atoms with Gasteiger partial charge in [0.15, 0.2) is 0 Å². The second kappa shape index (κ2) is 5.92.